The first-order valence-corrected chi connectivity index (χ1v) is 4.71. The van der Waals surface area contributed by atoms with Gasteiger partial charge in [0.15, 0.2) is 6.10 Å². The number of carbonyl (C=O) groups excluding carboxylic acids is 1. The molecule has 14 heavy (non-hydrogen) atoms. The van der Waals surface area contributed by atoms with E-state index in [0.29, 0.717) is 6.61 Å². The second-order valence-electron chi connectivity index (χ2n) is 3.06. The molecule has 1 atom stereocenters. The molecule has 0 aromatic heterocycles. The molecule has 0 aliphatic carbocycles. The zero-order chi connectivity index (χ0) is 10.4. The van der Waals surface area contributed by atoms with Crippen LogP contribution in [0.3, 0.4) is 0 Å². The Bertz CT molecular complexity index is 285. The van der Waals surface area contributed by atoms with E-state index >= 15 is 0 Å². The first-order chi connectivity index (χ1) is 6.75. The maximum absolute atomic E-state index is 11.1. The predicted molar refractivity (Wildman–Crippen MR) is 54.6 cm³/mol. The van der Waals surface area contributed by atoms with Gasteiger partial charge in [-0.05, 0) is 12.0 Å². The van der Waals surface area contributed by atoms with Gasteiger partial charge in [0.1, 0.15) is 0 Å². The second-order valence-corrected chi connectivity index (χ2v) is 3.06. The molecule has 1 unspecified atom stereocenters. The minimum atomic E-state index is -0.615. The molecule has 1 aromatic rings. The Morgan fingerprint density at radius 1 is 1.43 bits per heavy atom. The first kappa shape index (κ1) is 10.7. The van der Waals surface area contributed by atoms with E-state index in [-0.39, 0.29) is 0 Å². The minimum Gasteiger partial charge on any atom is -0.367 e. The molecule has 2 N–H and O–H groups in total. The SMILES string of the molecule is CCCOC(C(N)=O)c1ccccc1. The number of nitrogens with two attached hydrogens (primary N) is 1. The van der Waals surface area contributed by atoms with Crippen molar-refractivity contribution in [3.8, 4) is 0 Å². The molecule has 0 saturated carbocycles. The molecule has 0 heterocycles. The molecular weight excluding hydrogens is 178 g/mol. The van der Waals surface area contributed by atoms with Gasteiger partial charge in [-0.1, -0.05) is 37.3 Å². The van der Waals surface area contributed by atoms with Crippen molar-refractivity contribution in [1.29, 1.82) is 0 Å². The van der Waals surface area contributed by atoms with Gasteiger partial charge < -0.3 is 10.5 Å². The number of hydrogen-bond acceptors (Lipinski definition) is 2. The Morgan fingerprint density at radius 3 is 2.57 bits per heavy atom. The van der Waals surface area contributed by atoms with Crippen molar-refractivity contribution in [2.24, 2.45) is 5.73 Å². The molecule has 1 aromatic carbocycles. The van der Waals surface area contributed by atoms with Crippen LogP contribution in [0.4, 0.5) is 0 Å². The van der Waals surface area contributed by atoms with Crippen molar-refractivity contribution in [3.63, 3.8) is 0 Å². The molecule has 1 amide bonds. The number of hydrogen-bond donors (Lipinski definition) is 1. The fourth-order valence-corrected chi connectivity index (χ4v) is 1.21. The van der Waals surface area contributed by atoms with Crippen LogP contribution in [0.1, 0.15) is 25.0 Å². The fourth-order valence-electron chi connectivity index (χ4n) is 1.21. The average molecular weight is 193 g/mol. The topological polar surface area (TPSA) is 52.3 Å². The van der Waals surface area contributed by atoms with Crippen LogP contribution in [0.2, 0.25) is 0 Å². The lowest BCUT2D eigenvalue weighted by molar-refractivity contribution is -0.129. The highest BCUT2D eigenvalue weighted by Crippen LogP contribution is 2.16. The predicted octanol–water partition coefficient (Wildman–Crippen LogP) is 1.64. The van der Waals surface area contributed by atoms with E-state index in [1.54, 1.807) is 0 Å². The van der Waals surface area contributed by atoms with Gasteiger partial charge in [-0.3, -0.25) is 4.79 Å². The van der Waals surface area contributed by atoms with Gasteiger partial charge in [0.25, 0.3) is 5.91 Å². The maximum atomic E-state index is 11.1. The molecule has 0 aliphatic rings. The van der Waals surface area contributed by atoms with Crippen LogP contribution < -0.4 is 5.73 Å². The van der Waals surface area contributed by atoms with Crippen molar-refractivity contribution >= 4 is 5.91 Å². The van der Waals surface area contributed by atoms with Crippen molar-refractivity contribution in [3.05, 3.63) is 35.9 Å². The third-order valence-corrected chi connectivity index (χ3v) is 1.85. The highest BCUT2D eigenvalue weighted by Gasteiger charge is 2.17. The highest BCUT2D eigenvalue weighted by molar-refractivity contribution is 5.80. The Hall–Kier alpha value is -1.35. The first-order valence-electron chi connectivity index (χ1n) is 4.71. The van der Waals surface area contributed by atoms with Crippen molar-refractivity contribution in [2.75, 3.05) is 6.61 Å². The lowest BCUT2D eigenvalue weighted by Gasteiger charge is -2.13. The second kappa shape index (κ2) is 5.40. The van der Waals surface area contributed by atoms with E-state index in [0.717, 1.165) is 12.0 Å². The third kappa shape index (κ3) is 2.85. The summed E-state index contributed by atoms with van der Waals surface area (Å²) < 4.78 is 5.36. The van der Waals surface area contributed by atoms with Crippen molar-refractivity contribution < 1.29 is 9.53 Å². The summed E-state index contributed by atoms with van der Waals surface area (Å²) in [6, 6.07) is 9.29. The summed E-state index contributed by atoms with van der Waals surface area (Å²) in [5.74, 6) is -0.440. The van der Waals surface area contributed by atoms with Gasteiger partial charge in [0.05, 0.1) is 0 Å². The van der Waals surface area contributed by atoms with Gasteiger partial charge in [-0.2, -0.15) is 0 Å². The van der Waals surface area contributed by atoms with Crippen molar-refractivity contribution in [2.45, 2.75) is 19.4 Å². The summed E-state index contributed by atoms with van der Waals surface area (Å²) in [5.41, 5.74) is 6.06. The zero-order valence-corrected chi connectivity index (χ0v) is 8.27. The van der Waals surface area contributed by atoms with Crippen LogP contribution >= 0.6 is 0 Å². The average Bonchev–Trinajstić information content (AvgIpc) is 2.19. The normalized spacial score (nSPS) is 12.4. The lowest BCUT2D eigenvalue weighted by Crippen LogP contribution is -2.24. The lowest BCUT2D eigenvalue weighted by atomic mass is 10.1. The van der Waals surface area contributed by atoms with Crippen LogP contribution in [0.15, 0.2) is 30.3 Å². The molecular formula is C11H15NO2. The maximum Gasteiger partial charge on any atom is 0.251 e. The summed E-state index contributed by atoms with van der Waals surface area (Å²) >= 11 is 0. The van der Waals surface area contributed by atoms with Gasteiger partial charge in [0.2, 0.25) is 0 Å². The van der Waals surface area contributed by atoms with E-state index < -0.39 is 12.0 Å². The molecule has 0 bridgehead atoms. The molecule has 0 fully saturated rings. The van der Waals surface area contributed by atoms with E-state index in [2.05, 4.69) is 0 Å². The van der Waals surface area contributed by atoms with Crippen LogP contribution in [0.25, 0.3) is 0 Å². The molecule has 1 rings (SSSR count). The van der Waals surface area contributed by atoms with Gasteiger partial charge in [-0.15, -0.1) is 0 Å². The third-order valence-electron chi connectivity index (χ3n) is 1.85. The quantitative estimate of drug-likeness (QED) is 0.772. The number of rotatable bonds is 5. The number of ether oxygens (including phenoxy) is 1. The van der Waals surface area contributed by atoms with Gasteiger partial charge >= 0.3 is 0 Å². The largest absolute Gasteiger partial charge is 0.367 e. The molecule has 0 saturated heterocycles. The van der Waals surface area contributed by atoms with E-state index in [1.807, 2.05) is 37.3 Å². The summed E-state index contributed by atoms with van der Waals surface area (Å²) in [5, 5.41) is 0. The van der Waals surface area contributed by atoms with Crippen LogP contribution in [-0.4, -0.2) is 12.5 Å². The summed E-state index contributed by atoms with van der Waals surface area (Å²) in [6.45, 7) is 2.53. The van der Waals surface area contributed by atoms with Crippen LogP contribution in [-0.2, 0) is 9.53 Å². The molecule has 3 heteroatoms. The summed E-state index contributed by atoms with van der Waals surface area (Å²) in [7, 11) is 0. The summed E-state index contributed by atoms with van der Waals surface area (Å²) in [6.07, 6.45) is 0.257. The number of carbonyl (C=O) groups is 1. The van der Waals surface area contributed by atoms with E-state index in [9.17, 15) is 4.79 Å². The smallest absolute Gasteiger partial charge is 0.251 e. The van der Waals surface area contributed by atoms with Gasteiger partial charge in [0, 0.05) is 6.61 Å². The molecule has 76 valence electrons. The van der Waals surface area contributed by atoms with Crippen molar-refractivity contribution in [1.82, 2.24) is 0 Å². The Morgan fingerprint density at radius 2 is 2.07 bits per heavy atom. The van der Waals surface area contributed by atoms with Crippen LogP contribution in [0, 0.1) is 0 Å². The van der Waals surface area contributed by atoms with Crippen LogP contribution in [0.5, 0.6) is 0 Å². The molecule has 0 spiro atoms. The van der Waals surface area contributed by atoms with Gasteiger partial charge in [-0.25, -0.2) is 0 Å². The molecule has 3 nitrogen and oxygen atoms in total. The Kier molecular flexibility index (Phi) is 4.13. The Balaban J connectivity index is 2.73. The minimum absolute atomic E-state index is 0.440. The van der Waals surface area contributed by atoms with E-state index in [4.69, 9.17) is 10.5 Å². The van der Waals surface area contributed by atoms with E-state index in [1.165, 1.54) is 0 Å². The highest BCUT2D eigenvalue weighted by atomic mass is 16.5. The summed E-state index contributed by atoms with van der Waals surface area (Å²) in [4.78, 5) is 11.1. The number of primary amides is 1. The number of benzene rings is 1. The zero-order valence-electron chi connectivity index (χ0n) is 8.27. The molecule has 0 radical (unpaired) electrons. The standard InChI is InChI=1S/C11H15NO2/c1-2-8-14-10(11(12)13)9-6-4-3-5-7-9/h3-7,10H,2,8H2,1H3,(H2,12,13). The molecule has 0 aliphatic heterocycles. The number of amides is 1. The monoisotopic (exact) mass is 193 g/mol. The fraction of sp³-hybridized carbons (Fsp3) is 0.364. The Labute approximate surface area is 83.9 Å².